The third kappa shape index (κ3) is 4.34. The molecule has 0 aliphatic carbocycles. The number of aromatic carboxylic acids is 1. The van der Waals surface area contributed by atoms with Crippen LogP contribution in [0.25, 0.3) is 0 Å². The number of hydrogen-bond acceptors (Lipinski definition) is 4. The smallest absolute Gasteiger partial charge is 0.338 e. The van der Waals surface area contributed by atoms with Crippen LogP contribution < -0.4 is 5.32 Å². The van der Waals surface area contributed by atoms with Gasteiger partial charge in [0.1, 0.15) is 0 Å². The molecule has 0 atom stereocenters. The van der Waals surface area contributed by atoms with Crippen LogP contribution in [0.1, 0.15) is 43.0 Å². The Hall–Kier alpha value is -2.44. The summed E-state index contributed by atoms with van der Waals surface area (Å²) in [7, 11) is 0. The van der Waals surface area contributed by atoms with E-state index < -0.39 is 10.9 Å². The van der Waals surface area contributed by atoms with Crippen LogP contribution in [0.4, 0.5) is 11.4 Å². The third-order valence-electron chi connectivity index (χ3n) is 2.73. The molecule has 7 heteroatoms. The second-order valence-corrected chi connectivity index (χ2v) is 4.30. The summed E-state index contributed by atoms with van der Waals surface area (Å²) in [5, 5.41) is 22.1. The van der Waals surface area contributed by atoms with Crippen molar-refractivity contribution in [2.75, 3.05) is 5.32 Å². The van der Waals surface area contributed by atoms with Gasteiger partial charge in [0, 0.05) is 18.6 Å². The number of anilines is 1. The first-order chi connectivity index (χ1) is 9.45. The fourth-order valence-corrected chi connectivity index (χ4v) is 1.68. The Morgan fingerprint density at radius 3 is 2.60 bits per heavy atom. The van der Waals surface area contributed by atoms with Gasteiger partial charge in [0.15, 0.2) is 0 Å². The molecule has 0 aromatic heterocycles. The predicted molar refractivity (Wildman–Crippen MR) is 72.8 cm³/mol. The van der Waals surface area contributed by atoms with Crippen molar-refractivity contribution in [3.8, 4) is 0 Å². The molecule has 0 aliphatic rings. The summed E-state index contributed by atoms with van der Waals surface area (Å²) in [6.07, 6.45) is 2.91. The molecule has 108 valence electrons. The zero-order valence-corrected chi connectivity index (χ0v) is 11.1. The van der Waals surface area contributed by atoms with Gasteiger partial charge in [0.25, 0.3) is 5.69 Å². The number of carboxylic acid groups (broad SMARTS) is 1. The number of carbonyl (C=O) groups excluding carboxylic acids is 1. The van der Waals surface area contributed by atoms with Crippen LogP contribution in [0.15, 0.2) is 18.2 Å². The molecule has 0 saturated carbocycles. The molecule has 2 N–H and O–H groups in total. The van der Waals surface area contributed by atoms with Crippen LogP contribution >= 0.6 is 0 Å². The van der Waals surface area contributed by atoms with Crippen molar-refractivity contribution in [2.24, 2.45) is 0 Å². The number of nitrogens with zero attached hydrogens (tertiary/aromatic N) is 1. The Bertz CT molecular complexity index is 527. The van der Waals surface area contributed by atoms with Crippen LogP contribution in [-0.4, -0.2) is 21.9 Å². The molecule has 0 fully saturated rings. The second kappa shape index (κ2) is 7.22. The molecule has 1 aromatic carbocycles. The molecule has 0 bridgehead atoms. The van der Waals surface area contributed by atoms with Gasteiger partial charge in [-0.1, -0.05) is 19.8 Å². The van der Waals surface area contributed by atoms with E-state index in [1.54, 1.807) is 0 Å². The number of unbranched alkanes of at least 4 members (excludes halogenated alkanes) is 2. The lowest BCUT2D eigenvalue weighted by atomic mass is 10.1. The van der Waals surface area contributed by atoms with E-state index >= 15 is 0 Å². The Morgan fingerprint density at radius 2 is 2.05 bits per heavy atom. The molecule has 1 amide bonds. The number of amides is 1. The fraction of sp³-hybridized carbons (Fsp3) is 0.385. The van der Waals surface area contributed by atoms with E-state index in [4.69, 9.17) is 5.11 Å². The van der Waals surface area contributed by atoms with Gasteiger partial charge < -0.3 is 10.4 Å². The van der Waals surface area contributed by atoms with Crippen LogP contribution in [0.3, 0.4) is 0 Å². The molecule has 0 spiro atoms. The lowest BCUT2D eigenvalue weighted by Gasteiger charge is -2.08. The average Bonchev–Trinajstić information content (AvgIpc) is 2.38. The van der Waals surface area contributed by atoms with Gasteiger partial charge in [0.2, 0.25) is 5.91 Å². The number of benzene rings is 1. The van der Waals surface area contributed by atoms with E-state index in [9.17, 15) is 19.7 Å². The summed E-state index contributed by atoms with van der Waals surface area (Å²) in [6, 6.07) is 3.33. The maximum absolute atomic E-state index is 11.6. The summed E-state index contributed by atoms with van der Waals surface area (Å²) in [4.78, 5) is 32.6. The third-order valence-corrected chi connectivity index (χ3v) is 2.73. The highest BCUT2D eigenvalue weighted by Crippen LogP contribution is 2.22. The molecule has 1 rings (SSSR count). The summed E-state index contributed by atoms with van der Waals surface area (Å²) in [5.41, 5.74) is -0.543. The number of nitrogens with one attached hydrogen (secondary N) is 1. The molecule has 0 heterocycles. The van der Waals surface area contributed by atoms with Gasteiger partial charge in [-0.2, -0.15) is 0 Å². The normalized spacial score (nSPS) is 10.1. The van der Waals surface area contributed by atoms with Crippen molar-refractivity contribution in [3.05, 3.63) is 33.9 Å². The largest absolute Gasteiger partial charge is 0.478 e. The lowest BCUT2D eigenvalue weighted by Crippen LogP contribution is -2.14. The molecule has 20 heavy (non-hydrogen) atoms. The van der Waals surface area contributed by atoms with Gasteiger partial charge in [-0.3, -0.25) is 14.9 Å². The van der Waals surface area contributed by atoms with E-state index in [0.717, 1.165) is 31.4 Å². The zero-order valence-electron chi connectivity index (χ0n) is 11.1. The van der Waals surface area contributed by atoms with Crippen molar-refractivity contribution in [2.45, 2.75) is 32.6 Å². The van der Waals surface area contributed by atoms with Crippen LogP contribution in [0.2, 0.25) is 0 Å². The summed E-state index contributed by atoms with van der Waals surface area (Å²) >= 11 is 0. The molecule has 0 saturated heterocycles. The molecular formula is C13H16N2O5. The Morgan fingerprint density at radius 1 is 1.35 bits per heavy atom. The minimum Gasteiger partial charge on any atom is -0.478 e. The quantitative estimate of drug-likeness (QED) is 0.453. The standard InChI is InChI=1S/C13H16N2O5/c1-2-3-4-5-12(16)14-11-7-6-9(15(19)20)8-10(11)13(17)18/h6-8H,2-5H2,1H3,(H,14,16)(H,17,18). The molecule has 0 radical (unpaired) electrons. The van der Waals surface area contributed by atoms with E-state index in [1.807, 2.05) is 6.92 Å². The summed E-state index contributed by atoms with van der Waals surface area (Å²) < 4.78 is 0. The second-order valence-electron chi connectivity index (χ2n) is 4.30. The van der Waals surface area contributed by atoms with E-state index in [1.165, 1.54) is 6.07 Å². The van der Waals surface area contributed by atoms with Gasteiger partial charge in [-0.05, 0) is 12.5 Å². The maximum atomic E-state index is 11.6. The Labute approximate surface area is 115 Å². The highest BCUT2D eigenvalue weighted by Gasteiger charge is 2.17. The Balaban J connectivity index is 2.86. The van der Waals surface area contributed by atoms with Crippen molar-refractivity contribution < 1.29 is 19.6 Å². The van der Waals surface area contributed by atoms with Crippen LogP contribution in [0.5, 0.6) is 0 Å². The first-order valence-corrected chi connectivity index (χ1v) is 6.27. The van der Waals surface area contributed by atoms with Crippen molar-refractivity contribution >= 4 is 23.3 Å². The topological polar surface area (TPSA) is 110 Å². The van der Waals surface area contributed by atoms with Crippen molar-refractivity contribution in [1.82, 2.24) is 0 Å². The highest BCUT2D eigenvalue weighted by atomic mass is 16.6. The fourth-order valence-electron chi connectivity index (χ4n) is 1.68. The zero-order chi connectivity index (χ0) is 15.1. The first kappa shape index (κ1) is 15.6. The van der Waals surface area contributed by atoms with Gasteiger partial charge in [0.05, 0.1) is 16.2 Å². The predicted octanol–water partition coefficient (Wildman–Crippen LogP) is 2.81. The van der Waals surface area contributed by atoms with E-state index in [-0.39, 0.29) is 22.8 Å². The summed E-state index contributed by atoms with van der Waals surface area (Å²) in [5.74, 6) is -1.62. The van der Waals surface area contributed by atoms with E-state index in [0.29, 0.717) is 6.42 Å². The number of nitro benzene ring substituents is 1. The maximum Gasteiger partial charge on any atom is 0.338 e. The first-order valence-electron chi connectivity index (χ1n) is 6.27. The number of nitro groups is 1. The SMILES string of the molecule is CCCCCC(=O)Nc1ccc([N+](=O)[O-])cc1C(=O)O. The molecule has 0 unspecified atom stereocenters. The van der Waals surface area contributed by atoms with Gasteiger partial charge in [-0.25, -0.2) is 4.79 Å². The van der Waals surface area contributed by atoms with Gasteiger partial charge >= 0.3 is 5.97 Å². The minimum absolute atomic E-state index is 0.0737. The average molecular weight is 280 g/mol. The lowest BCUT2D eigenvalue weighted by molar-refractivity contribution is -0.384. The molecule has 1 aromatic rings. The number of hydrogen-bond donors (Lipinski definition) is 2. The van der Waals surface area contributed by atoms with Crippen LogP contribution in [-0.2, 0) is 4.79 Å². The molecular weight excluding hydrogens is 264 g/mol. The molecule has 7 nitrogen and oxygen atoms in total. The highest BCUT2D eigenvalue weighted by molar-refractivity contribution is 6.01. The number of carbonyl (C=O) groups is 2. The number of non-ortho nitro benzene ring substituents is 1. The van der Waals surface area contributed by atoms with E-state index in [2.05, 4.69) is 5.32 Å². The number of carboxylic acids is 1. The number of rotatable bonds is 7. The summed E-state index contributed by atoms with van der Waals surface area (Å²) in [6.45, 7) is 2.01. The van der Waals surface area contributed by atoms with Crippen molar-refractivity contribution in [3.63, 3.8) is 0 Å². The Kier molecular flexibility index (Phi) is 5.64. The van der Waals surface area contributed by atoms with Crippen LogP contribution in [0, 0.1) is 10.1 Å². The molecule has 0 aliphatic heterocycles. The van der Waals surface area contributed by atoms with Crippen molar-refractivity contribution in [1.29, 1.82) is 0 Å². The minimum atomic E-state index is -1.32. The monoisotopic (exact) mass is 280 g/mol. The van der Waals surface area contributed by atoms with Gasteiger partial charge in [-0.15, -0.1) is 0 Å².